The van der Waals surface area contributed by atoms with Crippen LogP contribution in [0.4, 0.5) is 18.9 Å². The van der Waals surface area contributed by atoms with E-state index >= 15 is 0 Å². The maximum atomic E-state index is 12.9. The highest BCUT2D eigenvalue weighted by molar-refractivity contribution is 7.92. The molecule has 1 aromatic carbocycles. The maximum Gasteiger partial charge on any atom is 0.416 e. The second-order valence-corrected chi connectivity index (χ2v) is 7.90. The Bertz CT molecular complexity index is 724. The number of likely N-dealkylation sites (N-methyl/N-ethyl adjacent to an activating group) is 1. The van der Waals surface area contributed by atoms with Crippen LogP contribution in [-0.4, -0.2) is 59.2 Å². The van der Waals surface area contributed by atoms with E-state index in [4.69, 9.17) is 11.6 Å². The topological polar surface area (TPSA) is 69.7 Å². The van der Waals surface area contributed by atoms with E-state index in [9.17, 15) is 26.4 Å². The maximum absolute atomic E-state index is 12.9. The molecule has 0 aliphatic carbocycles. The van der Waals surface area contributed by atoms with Gasteiger partial charge >= 0.3 is 6.18 Å². The van der Waals surface area contributed by atoms with E-state index in [1.54, 1.807) is 19.0 Å². The van der Waals surface area contributed by atoms with Crippen molar-refractivity contribution in [2.45, 2.75) is 6.18 Å². The molecule has 0 aromatic heterocycles. The summed E-state index contributed by atoms with van der Waals surface area (Å²) in [6, 6.07) is 2.29. The molecule has 0 radical (unpaired) electrons. The van der Waals surface area contributed by atoms with Gasteiger partial charge in [-0.05, 0) is 32.3 Å². The Kier molecular flexibility index (Phi) is 7.09. The second-order valence-electron chi connectivity index (χ2n) is 5.59. The average Bonchev–Trinajstić information content (AvgIpc) is 2.42. The number of nitrogens with one attached hydrogen (secondary N) is 1. The van der Waals surface area contributed by atoms with E-state index in [0.717, 1.165) is 18.4 Å². The highest BCUT2D eigenvalue weighted by atomic mass is 35.5. The molecule has 0 heterocycles. The van der Waals surface area contributed by atoms with Crippen molar-refractivity contribution in [1.82, 2.24) is 10.2 Å². The van der Waals surface area contributed by atoms with Crippen LogP contribution in [-0.2, 0) is 21.0 Å². The summed E-state index contributed by atoms with van der Waals surface area (Å²) in [5.41, 5.74) is -1.46. The van der Waals surface area contributed by atoms with E-state index in [2.05, 4.69) is 5.32 Å². The lowest BCUT2D eigenvalue weighted by molar-refractivity contribution is -0.137. The van der Waals surface area contributed by atoms with E-state index in [1.807, 2.05) is 0 Å². The predicted molar refractivity (Wildman–Crippen MR) is 90.2 cm³/mol. The first kappa shape index (κ1) is 21.5. The standard InChI is InChI=1S/C14H19ClF3N3O3S/c1-20(2)7-6-19-13(22)9-21(25(3,23)24)12-8-10(14(16,17)18)4-5-11(12)15/h4-5,8H,6-7,9H2,1-3H3,(H,19,22). The fourth-order valence-corrected chi connectivity index (χ4v) is 3.00. The zero-order valence-electron chi connectivity index (χ0n) is 13.9. The minimum Gasteiger partial charge on any atom is -0.353 e. The summed E-state index contributed by atoms with van der Waals surface area (Å²) < 4.78 is 63.1. The lowest BCUT2D eigenvalue weighted by Crippen LogP contribution is -2.42. The van der Waals surface area contributed by atoms with Gasteiger partial charge in [-0.3, -0.25) is 9.10 Å². The number of amides is 1. The molecular weight excluding hydrogens is 383 g/mol. The van der Waals surface area contributed by atoms with Crippen LogP contribution in [0.5, 0.6) is 0 Å². The van der Waals surface area contributed by atoms with Crippen molar-refractivity contribution in [3.63, 3.8) is 0 Å². The Morgan fingerprint density at radius 3 is 2.36 bits per heavy atom. The number of anilines is 1. The molecule has 25 heavy (non-hydrogen) atoms. The fourth-order valence-electron chi connectivity index (χ4n) is 1.87. The molecule has 0 aliphatic heterocycles. The predicted octanol–water partition coefficient (Wildman–Crippen LogP) is 1.80. The van der Waals surface area contributed by atoms with Crippen molar-refractivity contribution in [3.05, 3.63) is 28.8 Å². The van der Waals surface area contributed by atoms with Gasteiger partial charge in [-0.2, -0.15) is 13.2 Å². The zero-order valence-corrected chi connectivity index (χ0v) is 15.5. The van der Waals surface area contributed by atoms with Crippen molar-refractivity contribution in [3.8, 4) is 0 Å². The molecule has 0 unspecified atom stereocenters. The van der Waals surface area contributed by atoms with Gasteiger partial charge in [0.25, 0.3) is 0 Å². The minimum atomic E-state index is -4.67. The molecule has 1 amide bonds. The summed E-state index contributed by atoms with van der Waals surface area (Å²) in [7, 11) is -0.451. The molecule has 1 rings (SSSR count). The Hall–Kier alpha value is -1.52. The summed E-state index contributed by atoms with van der Waals surface area (Å²) >= 11 is 5.86. The second kappa shape index (κ2) is 8.24. The third kappa shape index (κ3) is 6.71. The van der Waals surface area contributed by atoms with Gasteiger partial charge in [0.15, 0.2) is 0 Å². The number of hydrogen-bond acceptors (Lipinski definition) is 4. The molecule has 1 N–H and O–H groups in total. The van der Waals surface area contributed by atoms with Crippen molar-refractivity contribution in [2.75, 3.05) is 44.3 Å². The van der Waals surface area contributed by atoms with Gasteiger partial charge in [0.05, 0.1) is 22.5 Å². The van der Waals surface area contributed by atoms with Crippen LogP contribution in [0.1, 0.15) is 5.56 Å². The fraction of sp³-hybridized carbons (Fsp3) is 0.500. The van der Waals surface area contributed by atoms with Gasteiger partial charge < -0.3 is 10.2 Å². The molecule has 0 saturated carbocycles. The Morgan fingerprint density at radius 2 is 1.88 bits per heavy atom. The summed E-state index contributed by atoms with van der Waals surface area (Å²) in [6.45, 7) is 0.113. The SMILES string of the molecule is CN(C)CCNC(=O)CN(c1cc(C(F)(F)F)ccc1Cl)S(C)(=O)=O. The molecule has 0 atom stereocenters. The molecule has 1 aromatic rings. The van der Waals surface area contributed by atoms with E-state index in [0.29, 0.717) is 16.9 Å². The normalized spacial score (nSPS) is 12.3. The Labute approximate surface area is 149 Å². The van der Waals surface area contributed by atoms with Gasteiger partial charge in [0, 0.05) is 13.1 Å². The lowest BCUT2D eigenvalue weighted by atomic mass is 10.2. The van der Waals surface area contributed by atoms with Crippen LogP contribution in [0.25, 0.3) is 0 Å². The van der Waals surface area contributed by atoms with Crippen LogP contribution in [0.3, 0.4) is 0 Å². The number of hydrogen-bond donors (Lipinski definition) is 1. The van der Waals surface area contributed by atoms with E-state index in [1.165, 1.54) is 0 Å². The molecular formula is C14H19ClF3N3O3S. The molecule has 11 heteroatoms. The highest BCUT2D eigenvalue weighted by Crippen LogP contribution is 2.36. The van der Waals surface area contributed by atoms with Crippen molar-refractivity contribution >= 4 is 33.2 Å². The molecule has 0 spiro atoms. The van der Waals surface area contributed by atoms with Crippen LogP contribution in [0.2, 0.25) is 5.02 Å². The van der Waals surface area contributed by atoms with Crippen molar-refractivity contribution in [2.24, 2.45) is 0 Å². The molecule has 0 bridgehead atoms. The first-order valence-corrected chi connectivity index (χ1v) is 9.31. The number of halogens is 4. The Morgan fingerprint density at radius 1 is 1.28 bits per heavy atom. The summed E-state index contributed by atoms with van der Waals surface area (Å²) in [6.07, 6.45) is -3.88. The van der Waals surface area contributed by atoms with Crippen LogP contribution in [0.15, 0.2) is 18.2 Å². The minimum absolute atomic E-state index is 0.209. The third-order valence-corrected chi connectivity index (χ3v) is 4.56. The van der Waals surface area contributed by atoms with Gasteiger partial charge in [-0.1, -0.05) is 11.6 Å². The van der Waals surface area contributed by atoms with Gasteiger partial charge in [0.1, 0.15) is 6.54 Å². The van der Waals surface area contributed by atoms with Gasteiger partial charge in [0.2, 0.25) is 15.9 Å². The first-order chi connectivity index (χ1) is 11.3. The number of carbonyl (C=O) groups excluding carboxylic acids is 1. The van der Waals surface area contributed by atoms with E-state index in [-0.39, 0.29) is 11.6 Å². The number of rotatable bonds is 7. The summed E-state index contributed by atoms with van der Waals surface area (Å²) in [4.78, 5) is 13.8. The third-order valence-electron chi connectivity index (χ3n) is 3.11. The zero-order chi connectivity index (χ0) is 19.4. The number of nitrogens with zero attached hydrogens (tertiary/aromatic N) is 2. The summed E-state index contributed by atoms with van der Waals surface area (Å²) in [5, 5.41) is 2.29. The van der Waals surface area contributed by atoms with Gasteiger partial charge in [-0.15, -0.1) is 0 Å². The quantitative estimate of drug-likeness (QED) is 0.756. The molecule has 6 nitrogen and oxygen atoms in total. The van der Waals surface area contributed by atoms with Crippen LogP contribution < -0.4 is 9.62 Å². The number of carbonyl (C=O) groups is 1. The molecule has 142 valence electrons. The molecule has 0 aliphatic rings. The largest absolute Gasteiger partial charge is 0.416 e. The van der Waals surface area contributed by atoms with Crippen LogP contribution >= 0.6 is 11.6 Å². The number of alkyl halides is 3. The smallest absolute Gasteiger partial charge is 0.353 e. The molecule has 0 fully saturated rings. The van der Waals surface area contributed by atoms with Crippen molar-refractivity contribution in [1.29, 1.82) is 0 Å². The average molecular weight is 402 g/mol. The van der Waals surface area contributed by atoms with Gasteiger partial charge in [-0.25, -0.2) is 8.42 Å². The molecule has 0 saturated heterocycles. The number of sulfonamides is 1. The highest BCUT2D eigenvalue weighted by Gasteiger charge is 2.33. The van der Waals surface area contributed by atoms with Crippen molar-refractivity contribution < 1.29 is 26.4 Å². The first-order valence-electron chi connectivity index (χ1n) is 7.08. The Balaban J connectivity index is 3.11. The monoisotopic (exact) mass is 401 g/mol. The summed E-state index contributed by atoms with van der Waals surface area (Å²) in [5.74, 6) is -0.652. The van der Waals surface area contributed by atoms with E-state index < -0.39 is 39.9 Å². The number of benzene rings is 1. The lowest BCUT2D eigenvalue weighted by Gasteiger charge is -2.24. The van der Waals surface area contributed by atoms with Crippen LogP contribution in [0, 0.1) is 0 Å².